The number of benzene rings is 2. The molecule has 0 radical (unpaired) electrons. The van der Waals surface area contributed by atoms with Gasteiger partial charge in [0.25, 0.3) is 11.5 Å². The van der Waals surface area contributed by atoms with Crippen LogP contribution in [0.5, 0.6) is 11.5 Å². The van der Waals surface area contributed by atoms with Crippen LogP contribution < -0.4 is 14.8 Å². The molecule has 1 fully saturated rings. The molecule has 1 aliphatic heterocycles. The molecule has 3 amide bonds. The average Bonchev–Trinajstić information content (AvgIpc) is 3.16. The molecule has 7 nitrogen and oxygen atoms in total. The number of amides is 3. The quantitative estimate of drug-likeness (QED) is 0.134. The molecule has 2 aromatic rings. The average molecular weight is 633 g/mol. The fourth-order valence-corrected chi connectivity index (χ4v) is 5.24. The van der Waals surface area contributed by atoms with Crippen LogP contribution >= 0.6 is 0 Å². The van der Waals surface area contributed by atoms with Crippen molar-refractivity contribution in [3.63, 3.8) is 0 Å². The number of rotatable bonds is 14. The monoisotopic (exact) mass is 632 g/mol. The minimum Gasteiger partial charge on any atom is -0.494 e. The highest BCUT2D eigenvalue weighted by Gasteiger charge is 2.71. The first-order chi connectivity index (χ1) is 20.5. The molecule has 2 aromatic carbocycles. The number of hydrogen-bond donors (Lipinski definition) is 2. The van der Waals surface area contributed by atoms with Gasteiger partial charge in [0.2, 0.25) is 0 Å². The highest BCUT2D eigenvalue weighted by molar-refractivity contribution is 6.07. The maximum absolute atomic E-state index is 13.6. The number of carbonyl (C=O) groups is 2. The third-order valence-electron chi connectivity index (χ3n) is 7.56. The Morgan fingerprint density at radius 3 is 1.89 bits per heavy atom. The lowest BCUT2D eigenvalue weighted by Gasteiger charge is -2.33. The smallest absolute Gasteiger partial charge is 0.430 e. The summed E-state index contributed by atoms with van der Waals surface area (Å²) in [4.78, 5) is 27.0. The number of nitrogens with one attached hydrogen (secondary N) is 1. The van der Waals surface area contributed by atoms with Crippen molar-refractivity contribution >= 4 is 11.9 Å². The number of urea groups is 1. The maximum atomic E-state index is 13.6. The first-order valence-corrected chi connectivity index (χ1v) is 14.6. The summed E-state index contributed by atoms with van der Waals surface area (Å²) in [7, 11) is 0. The van der Waals surface area contributed by atoms with Gasteiger partial charge in [-0.1, -0.05) is 38.8 Å². The van der Waals surface area contributed by atoms with Crippen LogP contribution in [0.3, 0.4) is 0 Å². The maximum Gasteiger partial charge on any atom is 0.430 e. The molecular formula is C31H38F6N2O5. The molecule has 0 aliphatic carbocycles. The number of aliphatic hydroxyl groups is 1. The van der Waals surface area contributed by atoms with Crippen molar-refractivity contribution in [2.24, 2.45) is 0 Å². The van der Waals surface area contributed by atoms with Gasteiger partial charge < -0.3 is 19.9 Å². The molecule has 0 saturated carbocycles. The lowest BCUT2D eigenvalue weighted by atomic mass is 9.87. The Labute approximate surface area is 252 Å². The lowest BCUT2D eigenvalue weighted by Crippen LogP contribution is -2.54. The summed E-state index contributed by atoms with van der Waals surface area (Å²) in [6.07, 6.45) is -10.3. The van der Waals surface area contributed by atoms with Gasteiger partial charge in [-0.2, -0.15) is 26.3 Å². The fraction of sp³-hybridized carbons (Fsp3) is 0.548. The largest absolute Gasteiger partial charge is 0.494 e. The third kappa shape index (κ3) is 6.92. The van der Waals surface area contributed by atoms with Gasteiger partial charge in [0, 0.05) is 12.1 Å². The van der Waals surface area contributed by atoms with E-state index in [1.807, 2.05) is 6.92 Å². The Morgan fingerprint density at radius 1 is 0.864 bits per heavy atom. The molecule has 0 bridgehead atoms. The van der Waals surface area contributed by atoms with Crippen molar-refractivity contribution in [1.29, 1.82) is 0 Å². The number of ether oxygens (including phenoxy) is 2. The van der Waals surface area contributed by atoms with E-state index in [4.69, 9.17) is 9.47 Å². The van der Waals surface area contributed by atoms with Crippen LogP contribution in [-0.2, 0) is 28.8 Å². The summed E-state index contributed by atoms with van der Waals surface area (Å²) >= 11 is 0. The van der Waals surface area contributed by atoms with E-state index in [9.17, 15) is 41.0 Å². The van der Waals surface area contributed by atoms with E-state index >= 15 is 0 Å². The van der Waals surface area contributed by atoms with Crippen LogP contribution in [0.25, 0.3) is 0 Å². The zero-order chi connectivity index (χ0) is 32.9. The van der Waals surface area contributed by atoms with Gasteiger partial charge in [-0.3, -0.25) is 9.69 Å². The Kier molecular flexibility index (Phi) is 10.9. The molecule has 0 spiro atoms. The van der Waals surface area contributed by atoms with Crippen LogP contribution in [0.4, 0.5) is 31.1 Å². The summed E-state index contributed by atoms with van der Waals surface area (Å²) in [6.45, 7) is 7.48. The van der Waals surface area contributed by atoms with Gasteiger partial charge in [0.1, 0.15) is 17.0 Å². The zero-order valence-electron chi connectivity index (χ0n) is 25.1. The predicted octanol–water partition coefficient (Wildman–Crippen LogP) is 6.93. The predicted molar refractivity (Wildman–Crippen MR) is 150 cm³/mol. The number of alkyl halides is 6. The van der Waals surface area contributed by atoms with Crippen molar-refractivity contribution < 1.29 is 50.5 Å². The van der Waals surface area contributed by atoms with Crippen LogP contribution in [0.1, 0.15) is 75.6 Å². The van der Waals surface area contributed by atoms with Crippen molar-refractivity contribution in [1.82, 2.24) is 10.2 Å². The van der Waals surface area contributed by atoms with E-state index in [0.29, 0.717) is 55.7 Å². The standard InChI is InChI=1S/C31H38F6N2O5/c1-5-10-20-18-23(29(42,30(32,33)34)31(35,36)37)19-21(11-6-2)25(20)44-17-9-8-16-39-26(40)28(4,38-27(39)41)22-12-14-24(15-13-22)43-7-3/h12-15,18-19,42H,5-11,16-17H2,1-4H3,(H,38,41). The number of unbranched alkanes of at least 4 members (excludes halogenated alkanes) is 1. The van der Waals surface area contributed by atoms with Gasteiger partial charge in [-0.25, -0.2) is 4.79 Å². The highest BCUT2D eigenvalue weighted by atomic mass is 19.4. The van der Waals surface area contributed by atoms with E-state index in [0.717, 1.165) is 4.90 Å². The van der Waals surface area contributed by atoms with E-state index in [1.165, 1.54) is 0 Å². The number of hydrogen-bond acceptors (Lipinski definition) is 5. The molecule has 3 rings (SSSR count). The summed E-state index contributed by atoms with van der Waals surface area (Å²) < 4.78 is 93.0. The van der Waals surface area contributed by atoms with Crippen molar-refractivity contribution in [3.8, 4) is 11.5 Å². The number of imide groups is 1. The van der Waals surface area contributed by atoms with Crippen molar-refractivity contribution in [2.75, 3.05) is 19.8 Å². The normalized spacial score (nSPS) is 17.7. The molecule has 1 atom stereocenters. The molecular weight excluding hydrogens is 594 g/mol. The van der Waals surface area contributed by atoms with Gasteiger partial charge in [-0.15, -0.1) is 0 Å². The topological polar surface area (TPSA) is 88.1 Å². The molecule has 44 heavy (non-hydrogen) atoms. The van der Waals surface area contributed by atoms with E-state index in [1.54, 1.807) is 45.0 Å². The third-order valence-corrected chi connectivity index (χ3v) is 7.56. The van der Waals surface area contributed by atoms with Crippen molar-refractivity contribution in [2.45, 2.75) is 89.7 Å². The first-order valence-electron chi connectivity index (χ1n) is 14.6. The van der Waals surface area contributed by atoms with Gasteiger partial charge in [0.15, 0.2) is 0 Å². The molecule has 2 N–H and O–H groups in total. The van der Waals surface area contributed by atoms with E-state index in [-0.39, 0.29) is 42.9 Å². The second kappa shape index (κ2) is 13.7. The number of nitrogens with zero attached hydrogens (tertiary/aromatic N) is 1. The minimum atomic E-state index is -6.00. The Balaban J connectivity index is 1.73. The number of aryl methyl sites for hydroxylation is 2. The summed E-state index contributed by atoms with van der Waals surface area (Å²) in [5.74, 6) is 0.381. The second-order valence-corrected chi connectivity index (χ2v) is 10.9. The summed E-state index contributed by atoms with van der Waals surface area (Å²) in [5.41, 5.74) is -6.76. The molecule has 13 heteroatoms. The Morgan fingerprint density at radius 2 is 1.41 bits per heavy atom. The van der Waals surface area contributed by atoms with Crippen LogP contribution in [-0.4, -0.2) is 54.1 Å². The summed E-state index contributed by atoms with van der Waals surface area (Å²) in [6, 6.07) is 7.71. The molecule has 244 valence electrons. The number of halogens is 6. The fourth-order valence-electron chi connectivity index (χ4n) is 5.24. The molecule has 1 unspecified atom stereocenters. The minimum absolute atomic E-state index is 0.0371. The lowest BCUT2D eigenvalue weighted by molar-refractivity contribution is -0.376. The van der Waals surface area contributed by atoms with Gasteiger partial charge in [-0.05, 0) is 80.5 Å². The van der Waals surface area contributed by atoms with Gasteiger partial charge >= 0.3 is 18.4 Å². The first kappa shape index (κ1) is 35.0. The molecule has 1 saturated heterocycles. The SMILES string of the molecule is CCCc1cc(C(O)(C(F)(F)F)C(F)(F)F)cc(CCC)c1OCCCCN1C(=O)NC(C)(c2ccc(OCC)cc2)C1=O. The summed E-state index contributed by atoms with van der Waals surface area (Å²) in [5, 5.41) is 12.7. The zero-order valence-corrected chi connectivity index (χ0v) is 25.1. The Hall–Kier alpha value is -3.48. The van der Waals surface area contributed by atoms with Crippen LogP contribution in [0, 0.1) is 0 Å². The van der Waals surface area contributed by atoms with Crippen molar-refractivity contribution in [3.05, 3.63) is 58.7 Å². The number of carbonyl (C=O) groups excluding carboxylic acids is 2. The second-order valence-electron chi connectivity index (χ2n) is 10.9. The van der Waals surface area contributed by atoms with Crippen LogP contribution in [0.2, 0.25) is 0 Å². The van der Waals surface area contributed by atoms with Crippen LogP contribution in [0.15, 0.2) is 36.4 Å². The molecule has 1 heterocycles. The Bertz CT molecular complexity index is 1270. The van der Waals surface area contributed by atoms with Gasteiger partial charge in [0.05, 0.1) is 13.2 Å². The highest BCUT2D eigenvalue weighted by Crippen LogP contribution is 2.51. The van der Waals surface area contributed by atoms with E-state index in [2.05, 4.69) is 5.32 Å². The molecule has 1 aliphatic rings. The van der Waals surface area contributed by atoms with E-state index < -0.39 is 41.0 Å². The molecule has 0 aromatic heterocycles.